The Morgan fingerprint density at radius 1 is 1.10 bits per heavy atom. The lowest BCUT2D eigenvalue weighted by Gasteiger charge is -2.46. The summed E-state index contributed by atoms with van der Waals surface area (Å²) in [6.45, 7) is 5.08. The second-order valence-corrected chi connectivity index (χ2v) is 18.8. The Bertz CT molecular complexity index is 1830. The molecule has 11 heteroatoms. The molecule has 1 spiro atoms. The first-order valence-electron chi connectivity index (χ1n) is 18.8. The van der Waals surface area contributed by atoms with Crippen molar-refractivity contribution < 1.29 is 28.0 Å². The van der Waals surface area contributed by atoms with Crippen molar-refractivity contribution in [3.63, 3.8) is 0 Å². The summed E-state index contributed by atoms with van der Waals surface area (Å²) in [5.74, 6) is 0.535. The van der Waals surface area contributed by atoms with E-state index in [4.69, 9.17) is 25.8 Å². The summed E-state index contributed by atoms with van der Waals surface area (Å²) in [5, 5.41) is 0.751. The molecule has 2 aromatic carbocycles. The minimum atomic E-state index is -3.22. The van der Waals surface area contributed by atoms with Gasteiger partial charge < -0.3 is 24.0 Å². The van der Waals surface area contributed by atoms with Gasteiger partial charge in [-0.3, -0.25) is 9.59 Å². The molecule has 8 rings (SSSR count). The fourth-order valence-corrected chi connectivity index (χ4v) is 11.4. The first kappa shape index (κ1) is 35.1. The average molecular weight is 736 g/mol. The van der Waals surface area contributed by atoms with Crippen LogP contribution in [0.3, 0.4) is 0 Å². The van der Waals surface area contributed by atoms with E-state index in [0.29, 0.717) is 49.6 Å². The lowest BCUT2D eigenvalue weighted by atomic mass is 9.68. The second-order valence-electron chi connectivity index (χ2n) is 16.0. The van der Waals surface area contributed by atoms with Crippen molar-refractivity contribution in [2.24, 2.45) is 22.1 Å². The molecule has 0 unspecified atom stereocenters. The normalized spacial score (nSPS) is 33.1. The number of carbonyl (C=O) groups is 2. The van der Waals surface area contributed by atoms with Gasteiger partial charge in [-0.05, 0) is 111 Å². The van der Waals surface area contributed by atoms with E-state index in [2.05, 4.69) is 33.5 Å². The van der Waals surface area contributed by atoms with Gasteiger partial charge in [0.25, 0.3) is 5.91 Å². The van der Waals surface area contributed by atoms with Gasteiger partial charge in [0.15, 0.2) is 0 Å². The maximum Gasteiger partial charge on any atom is 0.285 e. The van der Waals surface area contributed by atoms with E-state index in [-0.39, 0.29) is 41.0 Å². The molecule has 6 aliphatic rings. The number of hydrogen-bond donors (Lipinski definition) is 0. The zero-order valence-electron chi connectivity index (χ0n) is 29.8. The molecule has 9 nitrogen and oxygen atoms in total. The number of likely N-dealkylation sites (tertiary alicyclic amines) is 1. The molecule has 3 heterocycles. The SMILES string of the molecule is CO[C@H]1/C=C/C[C@H](C)C[S@@](=O)(CC(=O)N2CC(OC3CC3)C2)=NC(=O)c2ccc3c(c2)N(C[C@@H]2CC[C@H]21)C[C@@]1(CCCc2cc(Cl)ccc21)CO3. The van der Waals surface area contributed by atoms with Gasteiger partial charge in [-0.2, -0.15) is 4.36 Å². The monoisotopic (exact) mass is 735 g/mol. The molecule has 2 amide bonds. The maximum atomic E-state index is 14.6. The van der Waals surface area contributed by atoms with E-state index in [1.165, 1.54) is 11.1 Å². The summed E-state index contributed by atoms with van der Waals surface area (Å²) < 4.78 is 37.7. The zero-order chi connectivity index (χ0) is 35.3. The van der Waals surface area contributed by atoms with Gasteiger partial charge in [0.05, 0.1) is 40.3 Å². The topological polar surface area (TPSA) is 97.7 Å². The molecular weight excluding hydrogens is 686 g/mol. The number of allylic oxidation sites excluding steroid dienone is 1. The van der Waals surface area contributed by atoms with Gasteiger partial charge >= 0.3 is 0 Å². The fraction of sp³-hybridized carbons (Fsp3) is 0.600. The summed E-state index contributed by atoms with van der Waals surface area (Å²) >= 11 is 6.46. The molecule has 2 bridgehead atoms. The van der Waals surface area contributed by atoms with Gasteiger partial charge in [-0.25, -0.2) is 4.21 Å². The van der Waals surface area contributed by atoms with Crippen molar-refractivity contribution in [1.29, 1.82) is 0 Å². The van der Waals surface area contributed by atoms with Crippen LogP contribution in [0.15, 0.2) is 52.9 Å². The highest BCUT2D eigenvalue weighted by atomic mass is 35.5. The molecule has 6 atom stereocenters. The summed E-state index contributed by atoms with van der Waals surface area (Å²) in [6.07, 6.45) is 12.6. The van der Waals surface area contributed by atoms with Crippen molar-refractivity contribution in [2.75, 3.05) is 56.3 Å². The van der Waals surface area contributed by atoms with Crippen LogP contribution in [0.4, 0.5) is 5.69 Å². The average Bonchev–Trinajstić information content (AvgIpc) is 3.90. The number of aryl methyl sites for hydroxylation is 1. The van der Waals surface area contributed by atoms with Crippen LogP contribution in [0.1, 0.15) is 73.4 Å². The first-order valence-corrected chi connectivity index (χ1v) is 21.0. The Balaban J connectivity index is 1.14. The van der Waals surface area contributed by atoms with Crippen LogP contribution in [0, 0.1) is 17.8 Å². The maximum absolute atomic E-state index is 14.6. The highest BCUT2D eigenvalue weighted by molar-refractivity contribution is 7.94. The summed E-state index contributed by atoms with van der Waals surface area (Å²) in [6, 6.07) is 11.7. The van der Waals surface area contributed by atoms with Gasteiger partial charge in [0.1, 0.15) is 11.5 Å². The first-order chi connectivity index (χ1) is 24.6. The molecule has 3 aliphatic carbocycles. The third-order valence-corrected chi connectivity index (χ3v) is 14.5. The fourth-order valence-electron chi connectivity index (χ4n) is 8.96. The number of benzene rings is 2. The standard InChI is InChI=1S/C40H50ClN3O6S/c1-26-5-3-7-36(48-2)33-13-8-29(33)19-44-24-40(16-4-6-27-17-30(41)10-14-34(27)40)25-49-37-15-9-28(18-35(37)44)39(46)42-51(47,22-26)23-38(45)43-20-32(21-43)50-31-11-12-31/h3,7,9-10,14-15,17-18,26,29,31-33,36H,4-6,8,11-13,16,19-25H2,1-2H3/b7-3+/t26-,29-,33+,36-,40-,51+/m0/s1. The number of methoxy groups -OCH3 is 1. The van der Waals surface area contributed by atoms with E-state index in [1.807, 2.05) is 25.1 Å². The van der Waals surface area contributed by atoms with Gasteiger partial charge in [-0.15, -0.1) is 0 Å². The molecule has 3 fully saturated rings. The van der Waals surface area contributed by atoms with Crippen LogP contribution in [0.2, 0.25) is 5.02 Å². The number of halogens is 1. The number of fused-ring (bicyclic) bond motifs is 4. The Morgan fingerprint density at radius 3 is 2.71 bits per heavy atom. The lowest BCUT2D eigenvalue weighted by molar-refractivity contribution is -0.143. The van der Waals surface area contributed by atoms with Crippen LogP contribution < -0.4 is 9.64 Å². The lowest BCUT2D eigenvalue weighted by Crippen LogP contribution is -2.56. The predicted molar refractivity (Wildman–Crippen MR) is 199 cm³/mol. The summed E-state index contributed by atoms with van der Waals surface area (Å²) in [7, 11) is -1.44. The largest absolute Gasteiger partial charge is 0.490 e. The van der Waals surface area contributed by atoms with Crippen LogP contribution in [-0.2, 0) is 35.8 Å². The minimum Gasteiger partial charge on any atom is -0.490 e. The van der Waals surface area contributed by atoms with E-state index in [1.54, 1.807) is 18.1 Å². The van der Waals surface area contributed by atoms with E-state index in [9.17, 15) is 13.8 Å². The quantitative estimate of drug-likeness (QED) is 0.326. The number of anilines is 1. The van der Waals surface area contributed by atoms with E-state index in [0.717, 1.165) is 74.5 Å². The number of hydrogen-bond acceptors (Lipinski definition) is 7. The van der Waals surface area contributed by atoms with Crippen molar-refractivity contribution >= 4 is 38.8 Å². The van der Waals surface area contributed by atoms with Gasteiger partial charge in [0, 0.05) is 55.0 Å². The molecule has 0 radical (unpaired) electrons. The Kier molecular flexibility index (Phi) is 9.74. The van der Waals surface area contributed by atoms with Crippen molar-refractivity contribution in [3.8, 4) is 5.75 Å². The Morgan fingerprint density at radius 2 is 1.94 bits per heavy atom. The highest BCUT2D eigenvalue weighted by Crippen LogP contribution is 2.47. The van der Waals surface area contributed by atoms with Gasteiger partial charge in [-0.1, -0.05) is 36.7 Å². The molecular formula is C40H50ClN3O6S. The third kappa shape index (κ3) is 7.35. The van der Waals surface area contributed by atoms with Crippen LogP contribution in [-0.4, -0.2) is 90.6 Å². The molecule has 2 saturated carbocycles. The summed E-state index contributed by atoms with van der Waals surface area (Å²) in [5.41, 5.74) is 3.54. The van der Waals surface area contributed by atoms with E-state index >= 15 is 0 Å². The third-order valence-electron chi connectivity index (χ3n) is 12.0. The predicted octanol–water partition coefficient (Wildman–Crippen LogP) is 6.45. The van der Waals surface area contributed by atoms with Crippen LogP contribution in [0.25, 0.3) is 0 Å². The molecule has 1 saturated heterocycles. The van der Waals surface area contributed by atoms with Crippen LogP contribution >= 0.6 is 11.6 Å². The Hall–Kier alpha value is -2.92. The van der Waals surface area contributed by atoms with Crippen molar-refractivity contribution in [3.05, 3.63) is 70.3 Å². The van der Waals surface area contributed by atoms with Crippen molar-refractivity contribution in [2.45, 2.75) is 82.0 Å². The zero-order valence-corrected chi connectivity index (χ0v) is 31.3. The van der Waals surface area contributed by atoms with Crippen LogP contribution in [0.5, 0.6) is 5.75 Å². The number of rotatable bonds is 5. The number of nitrogens with zero attached hydrogens (tertiary/aromatic N) is 3. The molecule has 0 N–H and O–H groups in total. The minimum absolute atomic E-state index is 0.0289. The molecule has 274 valence electrons. The smallest absolute Gasteiger partial charge is 0.285 e. The number of amides is 2. The molecule has 0 aromatic heterocycles. The van der Waals surface area contributed by atoms with Gasteiger partial charge in [0.2, 0.25) is 5.91 Å². The molecule has 51 heavy (non-hydrogen) atoms. The second kappa shape index (κ2) is 14.1. The highest BCUT2D eigenvalue weighted by Gasteiger charge is 2.45. The number of ether oxygens (including phenoxy) is 3. The Labute approximate surface area is 307 Å². The molecule has 2 aromatic rings. The number of carbonyl (C=O) groups excluding carboxylic acids is 2. The molecule has 3 aliphatic heterocycles. The van der Waals surface area contributed by atoms with E-state index < -0.39 is 15.6 Å². The van der Waals surface area contributed by atoms with Crippen molar-refractivity contribution in [1.82, 2.24) is 4.90 Å². The summed E-state index contributed by atoms with van der Waals surface area (Å²) in [4.78, 5) is 31.6.